The number of halogens is 3. The maximum atomic E-state index is 13.8. The maximum Gasteiger partial charge on any atom is 0.416 e. The number of alkyl halides is 3. The molecule has 11 nitrogen and oxygen atoms in total. The highest BCUT2D eigenvalue weighted by Gasteiger charge is 2.32. The first-order valence-corrected chi connectivity index (χ1v) is 15.0. The molecule has 3 aromatic rings. The van der Waals surface area contributed by atoms with Crippen molar-refractivity contribution in [3.63, 3.8) is 0 Å². The van der Waals surface area contributed by atoms with Gasteiger partial charge in [0.1, 0.15) is 12.0 Å². The molecule has 3 N–H and O–H groups in total. The Labute approximate surface area is 266 Å². The van der Waals surface area contributed by atoms with Gasteiger partial charge in [-0.15, -0.1) is 0 Å². The van der Waals surface area contributed by atoms with Crippen molar-refractivity contribution in [3.8, 4) is 0 Å². The number of amides is 1. The Morgan fingerprint density at radius 3 is 2.70 bits per heavy atom. The molecule has 5 rings (SSSR count). The fourth-order valence-electron chi connectivity index (χ4n) is 4.96. The number of likely N-dealkylation sites (N-methyl/N-ethyl adjacent to an activating group) is 2. The minimum Gasteiger partial charge on any atom is -0.381 e. The van der Waals surface area contributed by atoms with Crippen LogP contribution in [0.25, 0.3) is 0 Å². The smallest absolute Gasteiger partial charge is 0.381 e. The van der Waals surface area contributed by atoms with Gasteiger partial charge in [-0.3, -0.25) is 9.79 Å². The number of carbonyl (C=O) groups excluding carboxylic acids is 1. The third-order valence-corrected chi connectivity index (χ3v) is 7.76. The van der Waals surface area contributed by atoms with Crippen LogP contribution < -0.4 is 20.9 Å². The van der Waals surface area contributed by atoms with E-state index >= 15 is 0 Å². The van der Waals surface area contributed by atoms with E-state index in [1.165, 1.54) is 6.33 Å². The lowest BCUT2D eigenvalue weighted by molar-refractivity contribution is -0.137. The molecule has 2 aliphatic heterocycles. The number of anilines is 5. The topological polar surface area (TPSA) is 119 Å². The minimum absolute atomic E-state index is 0.0444. The summed E-state index contributed by atoms with van der Waals surface area (Å²) in [6.07, 6.45) is 0.0358. The average Bonchev–Trinajstić information content (AvgIpc) is 3.45. The molecule has 1 amide bonds. The lowest BCUT2D eigenvalue weighted by atomic mass is 10.1. The molecule has 0 bridgehead atoms. The predicted octanol–water partition coefficient (Wildman–Crippen LogP) is 5.23. The number of nitrogens with zero attached hydrogens (tertiary/aromatic N) is 6. The zero-order chi connectivity index (χ0) is 32.8. The summed E-state index contributed by atoms with van der Waals surface area (Å²) in [5.74, 6) is 0.708. The van der Waals surface area contributed by atoms with E-state index in [0.29, 0.717) is 67.4 Å². The zero-order valence-electron chi connectivity index (χ0n) is 26.3. The molecule has 2 aromatic carbocycles. The molecule has 1 aromatic heterocycles. The molecule has 0 aliphatic carbocycles. The van der Waals surface area contributed by atoms with E-state index in [9.17, 15) is 18.0 Å². The van der Waals surface area contributed by atoms with Crippen molar-refractivity contribution in [2.24, 2.45) is 15.9 Å². The van der Waals surface area contributed by atoms with Crippen LogP contribution in [-0.2, 0) is 17.3 Å². The van der Waals surface area contributed by atoms with Gasteiger partial charge in [0.05, 0.1) is 17.9 Å². The molecule has 0 saturated carbocycles. The van der Waals surface area contributed by atoms with Crippen LogP contribution in [0.2, 0.25) is 0 Å². The van der Waals surface area contributed by atoms with Crippen molar-refractivity contribution in [1.29, 1.82) is 0 Å². The van der Waals surface area contributed by atoms with E-state index in [1.54, 1.807) is 42.4 Å². The Bertz CT molecular complexity index is 1620. The monoisotopic (exact) mass is 637 g/mol. The van der Waals surface area contributed by atoms with Crippen LogP contribution in [0.1, 0.15) is 33.6 Å². The van der Waals surface area contributed by atoms with Gasteiger partial charge in [0.2, 0.25) is 5.96 Å². The number of hydrogen-bond acceptors (Lipinski definition) is 8. The Morgan fingerprint density at radius 1 is 1.13 bits per heavy atom. The van der Waals surface area contributed by atoms with Crippen LogP contribution in [0.3, 0.4) is 0 Å². The number of aliphatic imine (C=N–C) groups is 2. The molecule has 14 heteroatoms. The van der Waals surface area contributed by atoms with E-state index in [2.05, 4.69) is 35.9 Å². The number of carbonyl (C=O) groups is 1. The van der Waals surface area contributed by atoms with Crippen LogP contribution in [0.4, 0.5) is 41.7 Å². The van der Waals surface area contributed by atoms with Gasteiger partial charge in [-0.05, 0) is 63.3 Å². The summed E-state index contributed by atoms with van der Waals surface area (Å²) in [6.45, 7) is 5.03. The largest absolute Gasteiger partial charge is 0.416 e. The molecule has 244 valence electrons. The Balaban J connectivity index is 1.36. The first-order chi connectivity index (χ1) is 22.0. The van der Waals surface area contributed by atoms with Crippen molar-refractivity contribution >= 4 is 46.6 Å². The van der Waals surface area contributed by atoms with E-state index in [0.717, 1.165) is 36.4 Å². The van der Waals surface area contributed by atoms with Crippen molar-refractivity contribution < 1.29 is 22.7 Å². The Hall–Kier alpha value is -4.56. The van der Waals surface area contributed by atoms with Crippen molar-refractivity contribution in [2.45, 2.75) is 25.9 Å². The number of aromatic nitrogens is 2. The summed E-state index contributed by atoms with van der Waals surface area (Å²) in [6, 6.07) is 8.59. The lowest BCUT2D eigenvalue weighted by Crippen LogP contribution is -2.28. The molecule has 1 atom stereocenters. The highest BCUT2D eigenvalue weighted by Crippen LogP contribution is 2.35. The second kappa shape index (κ2) is 14.3. The van der Waals surface area contributed by atoms with Gasteiger partial charge in [-0.25, -0.2) is 15.0 Å². The van der Waals surface area contributed by atoms with Gasteiger partial charge >= 0.3 is 6.18 Å². The maximum absolute atomic E-state index is 13.8. The standard InChI is InChI=1S/C32H38F3N9O2/c1-20-5-6-22(30(45)40-24-14-23(32(33,34)35)15-25(16-24)44(4)11-10-43(2)3)13-27(20)41-29-28-26(38-19-39-29)7-9-36-31(42-28)37-17-21-8-12-46-18-21/h5-6,9,13-16,19,21H,7-8,10-12,17-18H2,1-4H3,(H,37,42)(H,40,45)(H,38,39,41). The number of benzene rings is 2. The number of guanidine groups is 1. The van der Waals surface area contributed by atoms with Crippen LogP contribution >= 0.6 is 0 Å². The predicted molar refractivity (Wildman–Crippen MR) is 175 cm³/mol. The Kier molecular flexibility index (Phi) is 10.2. The van der Waals surface area contributed by atoms with E-state index in [-0.39, 0.29) is 11.3 Å². The number of ether oxygens (including phenoxy) is 1. The van der Waals surface area contributed by atoms with E-state index in [1.807, 2.05) is 25.9 Å². The van der Waals surface area contributed by atoms with Crippen LogP contribution in [0, 0.1) is 12.8 Å². The molecule has 2 aliphatic rings. The van der Waals surface area contributed by atoms with Gasteiger partial charge < -0.3 is 30.5 Å². The molecular weight excluding hydrogens is 599 g/mol. The molecule has 46 heavy (non-hydrogen) atoms. The van der Waals surface area contributed by atoms with Crippen LogP contribution in [0.5, 0.6) is 0 Å². The zero-order valence-corrected chi connectivity index (χ0v) is 26.3. The Morgan fingerprint density at radius 2 is 1.96 bits per heavy atom. The first-order valence-electron chi connectivity index (χ1n) is 15.0. The first kappa shape index (κ1) is 32.8. The molecule has 0 radical (unpaired) electrons. The third kappa shape index (κ3) is 8.37. The van der Waals surface area contributed by atoms with Gasteiger partial charge in [0.15, 0.2) is 5.82 Å². The molecule has 1 fully saturated rings. The van der Waals surface area contributed by atoms with E-state index < -0.39 is 17.6 Å². The second-order valence-electron chi connectivity index (χ2n) is 11.7. The minimum atomic E-state index is -4.58. The average molecular weight is 638 g/mol. The van der Waals surface area contributed by atoms with Crippen molar-refractivity contribution in [3.05, 3.63) is 65.1 Å². The number of aryl methyl sites for hydroxylation is 1. The third-order valence-electron chi connectivity index (χ3n) is 7.76. The van der Waals surface area contributed by atoms with Gasteiger partial charge in [0.25, 0.3) is 5.91 Å². The summed E-state index contributed by atoms with van der Waals surface area (Å²) in [5.41, 5.74) is 2.56. The second-order valence-corrected chi connectivity index (χ2v) is 11.7. The SMILES string of the molecule is Cc1ccc(C(=O)Nc2cc(N(C)CCN(C)C)cc(C(F)(F)F)c2)cc1Nc1ncnc2c1NC(=NCC1CCOC1)N=CC2. The fraction of sp³-hybridized carbons (Fsp3) is 0.406. The quantitative estimate of drug-likeness (QED) is 0.277. The van der Waals surface area contributed by atoms with Crippen LogP contribution in [0.15, 0.2) is 52.7 Å². The summed E-state index contributed by atoms with van der Waals surface area (Å²) in [7, 11) is 5.50. The number of hydrogen-bond donors (Lipinski definition) is 3. The van der Waals surface area contributed by atoms with E-state index in [4.69, 9.17) is 4.74 Å². The highest BCUT2D eigenvalue weighted by molar-refractivity contribution is 6.06. The molecule has 1 saturated heterocycles. The summed E-state index contributed by atoms with van der Waals surface area (Å²) >= 11 is 0. The lowest BCUT2D eigenvalue weighted by Gasteiger charge is -2.23. The van der Waals surface area contributed by atoms with Crippen molar-refractivity contribution in [2.75, 3.05) is 74.8 Å². The van der Waals surface area contributed by atoms with Gasteiger partial charge in [0, 0.05) is 74.5 Å². The number of rotatable bonds is 10. The van der Waals surface area contributed by atoms with Gasteiger partial charge in [-0.2, -0.15) is 13.2 Å². The molecule has 1 unspecified atom stereocenters. The molecule has 3 heterocycles. The van der Waals surface area contributed by atoms with Crippen molar-refractivity contribution in [1.82, 2.24) is 14.9 Å². The van der Waals surface area contributed by atoms with Crippen LogP contribution in [-0.4, -0.2) is 86.9 Å². The summed E-state index contributed by atoms with van der Waals surface area (Å²) in [5, 5.41) is 9.21. The fourth-order valence-corrected chi connectivity index (χ4v) is 4.96. The number of nitrogens with one attached hydrogen (secondary N) is 3. The summed E-state index contributed by atoms with van der Waals surface area (Å²) < 4.78 is 46.8. The molecular formula is C32H38F3N9O2. The summed E-state index contributed by atoms with van der Waals surface area (Å²) in [4.78, 5) is 35.0. The molecule has 0 spiro atoms. The highest BCUT2D eigenvalue weighted by atomic mass is 19.4. The normalized spacial score (nSPS) is 17.0. The number of fused-ring (bicyclic) bond motifs is 1. The van der Waals surface area contributed by atoms with Gasteiger partial charge in [-0.1, -0.05) is 6.07 Å².